The van der Waals surface area contributed by atoms with Crippen LogP contribution in [0.5, 0.6) is 0 Å². The minimum absolute atomic E-state index is 0.104. The Morgan fingerprint density at radius 2 is 2.15 bits per heavy atom. The molecule has 110 valence electrons. The van der Waals surface area contributed by atoms with Crippen molar-refractivity contribution in [1.29, 1.82) is 0 Å². The van der Waals surface area contributed by atoms with Crippen LogP contribution in [-0.2, 0) is 18.5 Å². The lowest BCUT2D eigenvalue weighted by molar-refractivity contribution is 0.566. The number of hydrogen-bond acceptors (Lipinski definition) is 5. The molecule has 0 amide bonds. The standard InChI is InChI=1S/C14H23N5S/c1-5-6-15-7-11-8-19(18-17-11)9-13-16-12(10-20-13)14(2,3)4/h8,10,15H,5-7,9H2,1-4H3. The van der Waals surface area contributed by atoms with Crippen LogP contribution in [0.4, 0.5) is 0 Å². The Morgan fingerprint density at radius 3 is 2.80 bits per heavy atom. The Morgan fingerprint density at radius 1 is 1.35 bits per heavy atom. The molecule has 0 bridgehead atoms. The first-order chi connectivity index (χ1) is 9.49. The van der Waals surface area contributed by atoms with Crippen LogP contribution in [0.3, 0.4) is 0 Å². The van der Waals surface area contributed by atoms with E-state index in [0.717, 1.165) is 35.9 Å². The average molecular weight is 293 g/mol. The summed E-state index contributed by atoms with van der Waals surface area (Å²) in [6.45, 7) is 11.2. The van der Waals surface area contributed by atoms with Gasteiger partial charge in [-0.05, 0) is 13.0 Å². The van der Waals surface area contributed by atoms with Gasteiger partial charge < -0.3 is 5.32 Å². The predicted molar refractivity (Wildman–Crippen MR) is 81.9 cm³/mol. The molecule has 5 nitrogen and oxygen atoms in total. The SMILES string of the molecule is CCCNCc1cn(Cc2nc(C(C)(C)C)cs2)nn1. The fraction of sp³-hybridized carbons (Fsp3) is 0.643. The molecule has 0 fully saturated rings. The molecular formula is C14H23N5S. The molecule has 0 radical (unpaired) electrons. The monoisotopic (exact) mass is 293 g/mol. The molecule has 0 aliphatic carbocycles. The van der Waals surface area contributed by atoms with Crippen molar-refractivity contribution >= 4 is 11.3 Å². The van der Waals surface area contributed by atoms with Crippen LogP contribution in [-0.4, -0.2) is 26.5 Å². The number of hydrogen-bond donors (Lipinski definition) is 1. The van der Waals surface area contributed by atoms with Gasteiger partial charge in [-0.25, -0.2) is 9.67 Å². The summed E-state index contributed by atoms with van der Waals surface area (Å²) in [7, 11) is 0. The summed E-state index contributed by atoms with van der Waals surface area (Å²) in [5.74, 6) is 0. The highest BCUT2D eigenvalue weighted by Crippen LogP contribution is 2.24. The summed E-state index contributed by atoms with van der Waals surface area (Å²) < 4.78 is 1.86. The molecule has 1 N–H and O–H groups in total. The molecule has 0 aliphatic rings. The quantitative estimate of drug-likeness (QED) is 0.832. The third-order valence-corrected chi connectivity index (χ3v) is 3.77. The van der Waals surface area contributed by atoms with Crippen LogP contribution in [0, 0.1) is 0 Å². The lowest BCUT2D eigenvalue weighted by Crippen LogP contribution is -2.13. The Hall–Kier alpha value is -1.27. The van der Waals surface area contributed by atoms with Gasteiger partial charge in [-0.1, -0.05) is 32.9 Å². The fourth-order valence-corrected chi connectivity index (χ4v) is 2.77. The largest absolute Gasteiger partial charge is 0.311 e. The highest BCUT2D eigenvalue weighted by atomic mass is 32.1. The van der Waals surface area contributed by atoms with Crippen molar-refractivity contribution in [1.82, 2.24) is 25.3 Å². The highest BCUT2D eigenvalue weighted by Gasteiger charge is 2.17. The second-order valence-corrected chi connectivity index (χ2v) is 6.90. The number of rotatable bonds is 6. The molecule has 2 rings (SSSR count). The van der Waals surface area contributed by atoms with Gasteiger partial charge in [0, 0.05) is 17.3 Å². The zero-order valence-corrected chi connectivity index (χ0v) is 13.5. The van der Waals surface area contributed by atoms with Gasteiger partial charge in [0.2, 0.25) is 0 Å². The maximum absolute atomic E-state index is 4.68. The lowest BCUT2D eigenvalue weighted by Gasteiger charge is -2.14. The van der Waals surface area contributed by atoms with Crippen LogP contribution in [0.25, 0.3) is 0 Å². The Balaban J connectivity index is 1.95. The molecule has 2 aromatic rings. The first kappa shape index (κ1) is 15.1. The van der Waals surface area contributed by atoms with Crippen LogP contribution in [0.1, 0.15) is 50.5 Å². The van der Waals surface area contributed by atoms with Gasteiger partial charge in [0.1, 0.15) is 5.01 Å². The van der Waals surface area contributed by atoms with E-state index in [1.54, 1.807) is 11.3 Å². The van der Waals surface area contributed by atoms with E-state index < -0.39 is 0 Å². The van der Waals surface area contributed by atoms with E-state index >= 15 is 0 Å². The summed E-state index contributed by atoms with van der Waals surface area (Å²) in [5.41, 5.74) is 2.22. The summed E-state index contributed by atoms with van der Waals surface area (Å²) in [6.07, 6.45) is 3.11. The zero-order chi connectivity index (χ0) is 14.6. The molecule has 2 heterocycles. The van der Waals surface area contributed by atoms with Gasteiger partial charge in [0.05, 0.1) is 24.1 Å². The summed E-state index contributed by atoms with van der Waals surface area (Å²) in [4.78, 5) is 4.68. The van der Waals surface area contributed by atoms with Crippen molar-refractivity contribution in [3.05, 3.63) is 28.0 Å². The first-order valence-electron chi connectivity index (χ1n) is 7.03. The first-order valence-corrected chi connectivity index (χ1v) is 7.91. The number of nitrogens with zero attached hydrogens (tertiary/aromatic N) is 4. The Labute approximate surface area is 124 Å². The Kier molecular flexibility index (Phi) is 4.88. The van der Waals surface area contributed by atoms with Gasteiger partial charge in [0.15, 0.2) is 0 Å². The van der Waals surface area contributed by atoms with E-state index in [9.17, 15) is 0 Å². The van der Waals surface area contributed by atoms with Crippen LogP contribution in [0.2, 0.25) is 0 Å². The maximum atomic E-state index is 4.68. The van der Waals surface area contributed by atoms with Crippen LogP contribution >= 0.6 is 11.3 Å². The van der Waals surface area contributed by atoms with Crippen molar-refractivity contribution in [2.24, 2.45) is 0 Å². The van der Waals surface area contributed by atoms with E-state index in [-0.39, 0.29) is 5.41 Å². The molecule has 0 aromatic carbocycles. The molecule has 2 aromatic heterocycles. The summed E-state index contributed by atoms with van der Waals surface area (Å²) >= 11 is 1.69. The molecule has 6 heteroatoms. The minimum atomic E-state index is 0.104. The average Bonchev–Trinajstić information content (AvgIpc) is 2.99. The van der Waals surface area contributed by atoms with Crippen molar-refractivity contribution < 1.29 is 0 Å². The van der Waals surface area contributed by atoms with Gasteiger partial charge in [-0.2, -0.15) is 0 Å². The number of thiazole rings is 1. The van der Waals surface area contributed by atoms with Crippen molar-refractivity contribution in [2.75, 3.05) is 6.54 Å². The van der Waals surface area contributed by atoms with Gasteiger partial charge >= 0.3 is 0 Å². The van der Waals surface area contributed by atoms with Gasteiger partial charge in [-0.3, -0.25) is 0 Å². The lowest BCUT2D eigenvalue weighted by atomic mass is 9.93. The normalized spacial score (nSPS) is 12.0. The van der Waals surface area contributed by atoms with Crippen molar-refractivity contribution in [3.63, 3.8) is 0 Å². The van der Waals surface area contributed by atoms with E-state index in [1.807, 2.05) is 10.9 Å². The predicted octanol–water partition coefficient (Wildman–Crippen LogP) is 2.58. The molecule has 20 heavy (non-hydrogen) atoms. The minimum Gasteiger partial charge on any atom is -0.311 e. The molecule has 0 atom stereocenters. The fourth-order valence-electron chi connectivity index (χ4n) is 1.76. The molecule has 0 unspecified atom stereocenters. The molecule has 0 saturated carbocycles. The van der Waals surface area contributed by atoms with E-state index in [0.29, 0.717) is 6.54 Å². The van der Waals surface area contributed by atoms with Crippen LogP contribution in [0.15, 0.2) is 11.6 Å². The third kappa shape index (κ3) is 4.11. The maximum Gasteiger partial charge on any atom is 0.114 e. The van der Waals surface area contributed by atoms with Crippen molar-refractivity contribution in [3.8, 4) is 0 Å². The molecular weight excluding hydrogens is 270 g/mol. The van der Waals surface area contributed by atoms with E-state index in [1.165, 1.54) is 0 Å². The van der Waals surface area contributed by atoms with E-state index in [4.69, 9.17) is 0 Å². The third-order valence-electron chi connectivity index (χ3n) is 2.94. The Bertz CT molecular complexity index is 538. The highest BCUT2D eigenvalue weighted by molar-refractivity contribution is 7.09. The number of nitrogens with one attached hydrogen (secondary N) is 1. The summed E-state index contributed by atoms with van der Waals surface area (Å²) in [6, 6.07) is 0. The smallest absolute Gasteiger partial charge is 0.114 e. The zero-order valence-electron chi connectivity index (χ0n) is 12.7. The van der Waals surface area contributed by atoms with Crippen molar-refractivity contribution in [2.45, 2.75) is 52.6 Å². The molecule has 0 spiro atoms. The van der Waals surface area contributed by atoms with Gasteiger partial charge in [-0.15, -0.1) is 16.4 Å². The number of aromatic nitrogens is 4. The van der Waals surface area contributed by atoms with E-state index in [2.05, 4.69) is 53.7 Å². The molecule has 0 aliphatic heterocycles. The van der Waals surface area contributed by atoms with Gasteiger partial charge in [0.25, 0.3) is 0 Å². The molecule has 0 saturated heterocycles. The second kappa shape index (κ2) is 6.45. The van der Waals surface area contributed by atoms with Crippen LogP contribution < -0.4 is 5.32 Å². The summed E-state index contributed by atoms with van der Waals surface area (Å²) in [5, 5.41) is 14.9. The topological polar surface area (TPSA) is 55.6 Å². The second-order valence-electron chi connectivity index (χ2n) is 5.96.